The largest absolute Gasteiger partial charge is 0.300 e. The van der Waals surface area contributed by atoms with Crippen LogP contribution in [0.25, 0.3) is 0 Å². The lowest BCUT2D eigenvalue weighted by molar-refractivity contribution is -0.150. The lowest BCUT2D eigenvalue weighted by atomic mass is 9.52. The van der Waals surface area contributed by atoms with E-state index in [1.807, 2.05) is 0 Å². The van der Waals surface area contributed by atoms with E-state index in [4.69, 9.17) is 0 Å². The number of hydrogen-bond donors (Lipinski definition) is 0. The summed E-state index contributed by atoms with van der Waals surface area (Å²) in [5, 5.41) is 0. The van der Waals surface area contributed by atoms with Crippen molar-refractivity contribution in [3.05, 3.63) is 0 Å². The Labute approximate surface area is 107 Å². The molecule has 0 radical (unpaired) electrons. The van der Waals surface area contributed by atoms with Crippen molar-refractivity contribution in [2.24, 2.45) is 29.6 Å². The van der Waals surface area contributed by atoms with Crippen LogP contribution in [0, 0.1) is 29.6 Å². The van der Waals surface area contributed by atoms with E-state index in [1.54, 1.807) is 6.92 Å². The van der Waals surface area contributed by atoms with Gasteiger partial charge in [-0.1, -0.05) is 6.42 Å². The number of carbonyl (C=O) groups is 3. The minimum absolute atomic E-state index is 0.0774. The highest BCUT2D eigenvalue weighted by Crippen LogP contribution is 2.52. The molecule has 3 aliphatic rings. The smallest absolute Gasteiger partial charge is 0.143 e. The van der Waals surface area contributed by atoms with E-state index in [-0.39, 0.29) is 47.4 Å². The molecule has 3 aliphatic carbocycles. The first-order chi connectivity index (χ1) is 8.59. The van der Waals surface area contributed by atoms with Crippen molar-refractivity contribution in [2.45, 2.75) is 45.4 Å². The average molecular weight is 248 g/mol. The molecule has 0 amide bonds. The molecule has 0 saturated heterocycles. The lowest BCUT2D eigenvalue weighted by Gasteiger charge is -2.50. The van der Waals surface area contributed by atoms with E-state index in [1.165, 1.54) is 0 Å². The summed E-state index contributed by atoms with van der Waals surface area (Å²) in [5.74, 6) is 1.30. The zero-order chi connectivity index (χ0) is 12.9. The quantitative estimate of drug-likeness (QED) is 0.668. The third-order valence-electron chi connectivity index (χ3n) is 5.48. The Morgan fingerprint density at radius 1 is 1.00 bits per heavy atom. The summed E-state index contributed by atoms with van der Waals surface area (Å²) in [5.41, 5.74) is 0. The van der Waals surface area contributed by atoms with Gasteiger partial charge in [-0.3, -0.25) is 14.4 Å². The maximum absolute atomic E-state index is 12.0. The zero-order valence-corrected chi connectivity index (χ0v) is 10.9. The molecule has 0 aromatic heterocycles. The van der Waals surface area contributed by atoms with Crippen LogP contribution in [0.4, 0.5) is 0 Å². The molecule has 0 aliphatic heterocycles. The number of ketones is 3. The topological polar surface area (TPSA) is 51.2 Å². The normalized spacial score (nSPS) is 43.5. The molecule has 3 fully saturated rings. The number of carbonyl (C=O) groups excluding carboxylic acids is 3. The molecule has 3 rings (SSSR count). The first kappa shape index (κ1) is 12.1. The summed E-state index contributed by atoms with van der Waals surface area (Å²) in [6.45, 7) is 1.67. The Balaban J connectivity index is 1.95. The standard InChI is InChI=1S/C15H20O3/c1-8(16)9-5-6-12-14(18)7-13(17)11-4-2-3-10(9)15(11)12/h9-12,15H,2-7H2,1H3. The minimum Gasteiger partial charge on any atom is -0.300 e. The highest BCUT2D eigenvalue weighted by Gasteiger charge is 2.53. The fraction of sp³-hybridized carbons (Fsp3) is 0.800. The summed E-state index contributed by atoms with van der Waals surface area (Å²) in [6.07, 6.45) is 4.85. The van der Waals surface area contributed by atoms with Crippen LogP contribution in [-0.4, -0.2) is 17.3 Å². The molecule has 0 N–H and O–H groups in total. The van der Waals surface area contributed by atoms with Gasteiger partial charge < -0.3 is 0 Å². The molecule has 18 heavy (non-hydrogen) atoms. The molecule has 3 saturated carbocycles. The van der Waals surface area contributed by atoms with Gasteiger partial charge in [-0.25, -0.2) is 0 Å². The average Bonchev–Trinajstić information content (AvgIpc) is 2.34. The molecule has 0 spiro atoms. The maximum Gasteiger partial charge on any atom is 0.143 e. The fourth-order valence-electron chi connectivity index (χ4n) is 4.76. The summed E-state index contributed by atoms with van der Waals surface area (Å²) < 4.78 is 0. The fourth-order valence-corrected chi connectivity index (χ4v) is 4.76. The van der Waals surface area contributed by atoms with Crippen LogP contribution in [-0.2, 0) is 14.4 Å². The van der Waals surface area contributed by atoms with Crippen LogP contribution in [0.15, 0.2) is 0 Å². The highest BCUT2D eigenvalue weighted by molar-refractivity contribution is 6.04. The lowest BCUT2D eigenvalue weighted by Crippen LogP contribution is -2.52. The minimum atomic E-state index is 0.0774. The number of rotatable bonds is 1. The Hall–Kier alpha value is -0.990. The van der Waals surface area contributed by atoms with Crippen LogP contribution in [0.1, 0.15) is 45.4 Å². The van der Waals surface area contributed by atoms with Gasteiger partial charge in [0, 0.05) is 17.8 Å². The SMILES string of the molecule is CC(=O)C1CCC2C(=O)CC(=O)C3CCCC1C32. The van der Waals surface area contributed by atoms with Gasteiger partial charge in [-0.2, -0.15) is 0 Å². The van der Waals surface area contributed by atoms with Gasteiger partial charge in [0.25, 0.3) is 0 Å². The van der Waals surface area contributed by atoms with Crippen LogP contribution >= 0.6 is 0 Å². The summed E-state index contributed by atoms with van der Waals surface area (Å²) in [6, 6.07) is 0. The van der Waals surface area contributed by atoms with Crippen LogP contribution in [0.5, 0.6) is 0 Å². The van der Waals surface area contributed by atoms with Gasteiger partial charge in [-0.05, 0) is 44.4 Å². The summed E-state index contributed by atoms with van der Waals surface area (Å²) >= 11 is 0. The molecule has 0 heterocycles. The third kappa shape index (κ3) is 1.67. The van der Waals surface area contributed by atoms with E-state index >= 15 is 0 Å². The van der Waals surface area contributed by atoms with Crippen molar-refractivity contribution in [1.29, 1.82) is 0 Å². The van der Waals surface area contributed by atoms with E-state index < -0.39 is 0 Å². The predicted molar refractivity (Wildman–Crippen MR) is 65.8 cm³/mol. The molecule has 0 bridgehead atoms. The molecule has 3 heteroatoms. The number of Topliss-reactive ketones (excluding diaryl/α,β-unsaturated/α-hetero) is 3. The molecular weight excluding hydrogens is 228 g/mol. The van der Waals surface area contributed by atoms with Gasteiger partial charge in [0.2, 0.25) is 0 Å². The Bertz CT molecular complexity index is 396. The second-order valence-electron chi connectivity index (χ2n) is 6.29. The van der Waals surface area contributed by atoms with E-state index in [0.29, 0.717) is 5.92 Å². The summed E-state index contributed by atoms with van der Waals surface area (Å²) in [4.78, 5) is 35.8. The maximum atomic E-state index is 12.0. The first-order valence-electron chi connectivity index (χ1n) is 7.15. The van der Waals surface area contributed by atoms with Gasteiger partial charge in [0.15, 0.2) is 0 Å². The Morgan fingerprint density at radius 2 is 1.67 bits per heavy atom. The molecule has 3 nitrogen and oxygen atoms in total. The van der Waals surface area contributed by atoms with Gasteiger partial charge >= 0.3 is 0 Å². The zero-order valence-electron chi connectivity index (χ0n) is 10.9. The van der Waals surface area contributed by atoms with E-state index in [0.717, 1.165) is 32.1 Å². The van der Waals surface area contributed by atoms with Crippen molar-refractivity contribution in [3.63, 3.8) is 0 Å². The highest BCUT2D eigenvalue weighted by atomic mass is 16.2. The molecule has 0 aromatic carbocycles. The molecule has 0 aromatic rings. The van der Waals surface area contributed by atoms with Crippen molar-refractivity contribution in [2.75, 3.05) is 0 Å². The molecule has 5 unspecified atom stereocenters. The monoisotopic (exact) mass is 248 g/mol. The molecule has 98 valence electrons. The predicted octanol–water partition coefficient (Wildman–Crippen LogP) is 2.18. The van der Waals surface area contributed by atoms with Crippen molar-refractivity contribution >= 4 is 17.3 Å². The van der Waals surface area contributed by atoms with Crippen molar-refractivity contribution < 1.29 is 14.4 Å². The second-order valence-corrected chi connectivity index (χ2v) is 6.29. The van der Waals surface area contributed by atoms with Crippen LogP contribution in [0.2, 0.25) is 0 Å². The van der Waals surface area contributed by atoms with Gasteiger partial charge in [0.05, 0.1) is 6.42 Å². The number of hydrogen-bond acceptors (Lipinski definition) is 3. The molecule has 5 atom stereocenters. The Kier molecular flexibility index (Phi) is 2.87. The Morgan fingerprint density at radius 3 is 2.33 bits per heavy atom. The second kappa shape index (κ2) is 4.29. The van der Waals surface area contributed by atoms with Crippen LogP contribution in [0.3, 0.4) is 0 Å². The summed E-state index contributed by atoms with van der Waals surface area (Å²) in [7, 11) is 0. The van der Waals surface area contributed by atoms with E-state index in [2.05, 4.69) is 0 Å². The first-order valence-corrected chi connectivity index (χ1v) is 7.15. The van der Waals surface area contributed by atoms with Crippen molar-refractivity contribution in [1.82, 2.24) is 0 Å². The molecular formula is C15H20O3. The third-order valence-corrected chi connectivity index (χ3v) is 5.48. The van der Waals surface area contributed by atoms with Crippen molar-refractivity contribution in [3.8, 4) is 0 Å². The van der Waals surface area contributed by atoms with Gasteiger partial charge in [0.1, 0.15) is 17.3 Å². The van der Waals surface area contributed by atoms with Crippen LogP contribution < -0.4 is 0 Å². The van der Waals surface area contributed by atoms with E-state index in [9.17, 15) is 14.4 Å². The van der Waals surface area contributed by atoms with Gasteiger partial charge in [-0.15, -0.1) is 0 Å².